The molecule has 0 spiro atoms. The average Bonchev–Trinajstić information content (AvgIpc) is 2.39. The molecule has 0 N–H and O–H groups in total. The molecule has 1 fully saturated rings. The Morgan fingerprint density at radius 1 is 1.00 bits per heavy atom. The third kappa shape index (κ3) is 1.69. The van der Waals surface area contributed by atoms with E-state index in [4.69, 9.17) is 4.74 Å². The number of likely N-dealkylation sites (tertiary alicyclic amines) is 1. The number of ether oxygens (including phenoxy) is 1. The van der Waals surface area contributed by atoms with Crippen LogP contribution >= 0.6 is 0 Å². The molecule has 1 saturated heterocycles. The van der Waals surface area contributed by atoms with Crippen molar-refractivity contribution in [1.82, 2.24) is 4.90 Å². The Balaban J connectivity index is 1.92. The molecule has 0 bridgehead atoms. The van der Waals surface area contributed by atoms with Crippen LogP contribution in [0.4, 0.5) is 0 Å². The fourth-order valence-corrected chi connectivity index (χ4v) is 2.56. The smallest absolute Gasteiger partial charge is 0.129 e. The van der Waals surface area contributed by atoms with Crippen LogP contribution in [0.1, 0.15) is 24.8 Å². The zero-order chi connectivity index (χ0) is 10.8. The number of hydrogen-bond donors (Lipinski definition) is 0. The van der Waals surface area contributed by atoms with E-state index in [0.29, 0.717) is 6.61 Å². The van der Waals surface area contributed by atoms with E-state index in [9.17, 15) is 0 Å². The molecule has 0 unspecified atom stereocenters. The van der Waals surface area contributed by atoms with Gasteiger partial charge in [-0.2, -0.15) is 0 Å². The molecule has 0 aliphatic carbocycles. The first-order valence-electron chi connectivity index (χ1n) is 6.12. The van der Waals surface area contributed by atoms with Crippen molar-refractivity contribution in [2.75, 3.05) is 19.7 Å². The van der Waals surface area contributed by atoms with E-state index in [0.717, 1.165) is 5.75 Å². The highest BCUT2D eigenvalue weighted by Gasteiger charge is 2.19. The lowest BCUT2D eigenvalue weighted by atomic mass is 10.0. The first-order chi connectivity index (χ1) is 7.95. The van der Waals surface area contributed by atoms with Crippen molar-refractivity contribution in [2.45, 2.75) is 19.3 Å². The van der Waals surface area contributed by atoms with Crippen molar-refractivity contribution in [3.05, 3.63) is 35.9 Å². The summed E-state index contributed by atoms with van der Waals surface area (Å²) in [6, 6.07) is 8.35. The quantitative estimate of drug-likeness (QED) is 0.714. The van der Waals surface area contributed by atoms with Crippen LogP contribution in [0.15, 0.2) is 30.3 Å². The molecule has 84 valence electrons. The van der Waals surface area contributed by atoms with Crippen LogP contribution in [-0.4, -0.2) is 24.6 Å². The molecule has 2 heteroatoms. The Hall–Kier alpha value is -1.44. The van der Waals surface area contributed by atoms with Crippen LogP contribution in [0.5, 0.6) is 5.75 Å². The van der Waals surface area contributed by atoms with E-state index >= 15 is 0 Å². The molecule has 16 heavy (non-hydrogen) atoms. The second-order valence-electron chi connectivity index (χ2n) is 4.44. The highest BCUT2D eigenvalue weighted by molar-refractivity contribution is 5.70. The third-order valence-electron chi connectivity index (χ3n) is 3.38. The summed E-state index contributed by atoms with van der Waals surface area (Å²) in [5.41, 5.74) is 2.64. The second kappa shape index (κ2) is 4.20. The zero-order valence-corrected chi connectivity index (χ0v) is 9.48. The molecule has 2 nitrogen and oxygen atoms in total. The Morgan fingerprint density at radius 2 is 1.81 bits per heavy atom. The average molecular weight is 215 g/mol. The van der Waals surface area contributed by atoms with Gasteiger partial charge in [-0.25, -0.2) is 0 Å². The highest BCUT2D eigenvalue weighted by Crippen LogP contribution is 2.32. The van der Waals surface area contributed by atoms with Gasteiger partial charge >= 0.3 is 0 Å². The monoisotopic (exact) mass is 215 g/mol. The van der Waals surface area contributed by atoms with E-state index in [-0.39, 0.29) is 0 Å². The molecule has 0 aromatic heterocycles. The lowest BCUT2D eigenvalue weighted by Gasteiger charge is -2.33. The summed E-state index contributed by atoms with van der Waals surface area (Å²) in [6.45, 7) is 3.10. The topological polar surface area (TPSA) is 12.5 Å². The predicted molar refractivity (Wildman–Crippen MR) is 65.3 cm³/mol. The summed E-state index contributed by atoms with van der Waals surface area (Å²) in [4.78, 5) is 2.50. The normalized spacial score (nSPS) is 19.8. The summed E-state index contributed by atoms with van der Waals surface area (Å²) in [7, 11) is 0. The maximum Gasteiger partial charge on any atom is 0.129 e. The van der Waals surface area contributed by atoms with Crippen molar-refractivity contribution < 1.29 is 4.74 Å². The summed E-state index contributed by atoms with van der Waals surface area (Å²) in [5, 5.41) is 0. The zero-order valence-electron chi connectivity index (χ0n) is 9.48. The minimum atomic E-state index is 0.711. The van der Waals surface area contributed by atoms with Gasteiger partial charge in [0.05, 0.1) is 0 Å². The van der Waals surface area contributed by atoms with Crippen molar-refractivity contribution in [3.63, 3.8) is 0 Å². The molecule has 0 amide bonds. The number of para-hydroxylation sites is 1. The van der Waals surface area contributed by atoms with Gasteiger partial charge in [0.15, 0.2) is 0 Å². The Kier molecular flexibility index (Phi) is 2.56. The number of hydrogen-bond acceptors (Lipinski definition) is 2. The molecular formula is C14H17NO. The fourth-order valence-electron chi connectivity index (χ4n) is 2.56. The number of rotatable bonds is 1. The maximum absolute atomic E-state index is 5.64. The number of fused-ring (bicyclic) bond motifs is 1. The molecular weight excluding hydrogens is 198 g/mol. The van der Waals surface area contributed by atoms with Gasteiger partial charge in [0.2, 0.25) is 0 Å². The van der Waals surface area contributed by atoms with Gasteiger partial charge in [-0.05, 0) is 37.5 Å². The molecule has 2 aliphatic rings. The third-order valence-corrected chi connectivity index (χ3v) is 3.38. The number of piperidine rings is 1. The van der Waals surface area contributed by atoms with Gasteiger partial charge in [0.25, 0.3) is 0 Å². The van der Waals surface area contributed by atoms with Gasteiger partial charge in [0, 0.05) is 24.4 Å². The molecule has 1 aromatic rings. The summed E-state index contributed by atoms with van der Waals surface area (Å²) >= 11 is 0. The minimum absolute atomic E-state index is 0.711. The van der Waals surface area contributed by atoms with Gasteiger partial charge in [0.1, 0.15) is 12.4 Å². The summed E-state index contributed by atoms with van der Waals surface area (Å²) < 4.78 is 5.64. The van der Waals surface area contributed by atoms with Crippen LogP contribution in [0.2, 0.25) is 0 Å². The molecule has 3 rings (SSSR count). The van der Waals surface area contributed by atoms with E-state index in [1.54, 1.807) is 0 Å². The second-order valence-corrected chi connectivity index (χ2v) is 4.44. The van der Waals surface area contributed by atoms with Crippen LogP contribution in [0.3, 0.4) is 0 Å². The van der Waals surface area contributed by atoms with Crippen LogP contribution in [0, 0.1) is 0 Å². The van der Waals surface area contributed by atoms with E-state index in [1.807, 2.05) is 6.07 Å². The van der Waals surface area contributed by atoms with Crippen LogP contribution < -0.4 is 4.74 Å². The first-order valence-corrected chi connectivity index (χ1v) is 6.12. The van der Waals surface area contributed by atoms with Gasteiger partial charge in [-0.3, -0.25) is 0 Å². The lowest BCUT2D eigenvalue weighted by Crippen LogP contribution is -2.29. The van der Waals surface area contributed by atoms with Crippen molar-refractivity contribution in [1.29, 1.82) is 0 Å². The standard InChI is InChI=1S/C14H17NO/c1-4-9-15(10-5-1)13-8-11-16-14-7-3-2-6-12(13)14/h2-3,6-8H,1,4-5,9-11H2. The predicted octanol–water partition coefficient (Wildman–Crippen LogP) is 2.91. The summed E-state index contributed by atoms with van der Waals surface area (Å²) in [5.74, 6) is 1.03. The number of nitrogens with zero attached hydrogens (tertiary/aromatic N) is 1. The van der Waals surface area contributed by atoms with Crippen molar-refractivity contribution in [3.8, 4) is 5.75 Å². The number of benzene rings is 1. The van der Waals surface area contributed by atoms with Crippen molar-refractivity contribution in [2.24, 2.45) is 0 Å². The SMILES string of the molecule is C1=C(N2CCCCC2)c2ccccc2OC1. The van der Waals surface area contributed by atoms with Gasteiger partial charge in [-0.1, -0.05) is 12.1 Å². The highest BCUT2D eigenvalue weighted by atomic mass is 16.5. The molecule has 0 radical (unpaired) electrons. The van der Waals surface area contributed by atoms with E-state index in [2.05, 4.69) is 29.2 Å². The van der Waals surface area contributed by atoms with Gasteiger partial charge < -0.3 is 9.64 Å². The Morgan fingerprint density at radius 3 is 2.69 bits per heavy atom. The fraction of sp³-hybridized carbons (Fsp3) is 0.429. The molecule has 2 aliphatic heterocycles. The largest absolute Gasteiger partial charge is 0.489 e. The molecule has 1 aromatic carbocycles. The van der Waals surface area contributed by atoms with Crippen LogP contribution in [0.25, 0.3) is 5.70 Å². The minimum Gasteiger partial charge on any atom is -0.489 e. The maximum atomic E-state index is 5.64. The van der Waals surface area contributed by atoms with Crippen molar-refractivity contribution >= 4 is 5.70 Å². The Labute approximate surface area is 96.5 Å². The summed E-state index contributed by atoms with van der Waals surface area (Å²) in [6.07, 6.45) is 6.23. The van der Waals surface area contributed by atoms with E-state index < -0.39 is 0 Å². The Bertz CT molecular complexity index is 405. The first kappa shape index (κ1) is 9.76. The van der Waals surface area contributed by atoms with E-state index in [1.165, 1.54) is 43.6 Å². The molecule has 0 atom stereocenters. The van der Waals surface area contributed by atoms with Crippen LogP contribution in [-0.2, 0) is 0 Å². The molecule has 0 saturated carbocycles. The molecule has 2 heterocycles. The lowest BCUT2D eigenvalue weighted by molar-refractivity contribution is 0.308. The van der Waals surface area contributed by atoms with Gasteiger partial charge in [-0.15, -0.1) is 0 Å².